The van der Waals surface area contributed by atoms with Crippen molar-refractivity contribution in [1.29, 1.82) is 5.26 Å². The third kappa shape index (κ3) is 5.57. The fraction of sp³-hybridized carbons (Fsp3) is 0.407. The van der Waals surface area contributed by atoms with Crippen LogP contribution in [0.5, 0.6) is 0 Å². The number of hydrogen-bond donors (Lipinski definition) is 1. The topological polar surface area (TPSA) is 59.4 Å². The van der Waals surface area contributed by atoms with Crippen molar-refractivity contribution in [3.8, 4) is 6.07 Å². The third-order valence-corrected chi connectivity index (χ3v) is 6.55. The van der Waals surface area contributed by atoms with Gasteiger partial charge in [0, 0.05) is 38.9 Å². The molecule has 2 aromatic rings. The Balaban J connectivity index is 1.32. The van der Waals surface area contributed by atoms with Gasteiger partial charge in [0.25, 0.3) is 5.91 Å². The highest BCUT2D eigenvalue weighted by molar-refractivity contribution is 5.97. The number of hydrogen-bond acceptors (Lipinski definition) is 4. The third-order valence-electron chi connectivity index (χ3n) is 6.55. The first-order valence-electron chi connectivity index (χ1n) is 11.7. The van der Waals surface area contributed by atoms with E-state index in [4.69, 9.17) is 0 Å². The van der Waals surface area contributed by atoms with Crippen LogP contribution in [0.25, 0.3) is 0 Å². The summed E-state index contributed by atoms with van der Waals surface area (Å²) in [4.78, 5) is 17.3. The van der Waals surface area contributed by atoms with Crippen LogP contribution >= 0.6 is 0 Å². The van der Waals surface area contributed by atoms with Gasteiger partial charge in [-0.25, -0.2) is 0 Å². The highest BCUT2D eigenvalue weighted by Crippen LogP contribution is 2.25. The van der Waals surface area contributed by atoms with Gasteiger partial charge in [-0.1, -0.05) is 48.5 Å². The molecule has 5 nitrogen and oxygen atoms in total. The molecule has 5 heteroatoms. The zero-order valence-electron chi connectivity index (χ0n) is 18.9. The number of carbonyl (C=O) groups excluding carboxylic acids is 1. The quantitative estimate of drug-likeness (QED) is 0.559. The molecule has 1 amide bonds. The Hall–Kier alpha value is -3.10. The number of benzene rings is 2. The summed E-state index contributed by atoms with van der Waals surface area (Å²) in [5.41, 5.74) is 5.42. The molecule has 166 valence electrons. The van der Waals surface area contributed by atoms with E-state index in [1.165, 1.54) is 29.5 Å². The van der Waals surface area contributed by atoms with Gasteiger partial charge in [0.1, 0.15) is 11.6 Å². The summed E-state index contributed by atoms with van der Waals surface area (Å²) in [5.74, 6) is -0.301. The predicted octanol–water partition coefficient (Wildman–Crippen LogP) is 3.97. The maximum Gasteiger partial charge on any atom is 0.263 e. The van der Waals surface area contributed by atoms with E-state index in [2.05, 4.69) is 63.7 Å². The van der Waals surface area contributed by atoms with E-state index in [1.54, 1.807) is 6.20 Å². The summed E-state index contributed by atoms with van der Waals surface area (Å²) in [6.45, 7) is 6.37. The summed E-state index contributed by atoms with van der Waals surface area (Å²) in [6.07, 6.45) is 6.49. The van der Waals surface area contributed by atoms with Crippen molar-refractivity contribution in [3.05, 3.63) is 82.6 Å². The number of rotatable bonds is 6. The van der Waals surface area contributed by atoms with Gasteiger partial charge in [-0.05, 0) is 54.9 Å². The van der Waals surface area contributed by atoms with Crippen LogP contribution in [-0.2, 0) is 24.2 Å². The number of fused-ring (bicyclic) bond motifs is 1. The lowest BCUT2D eigenvalue weighted by molar-refractivity contribution is -0.117. The molecular weight excluding hydrogens is 396 g/mol. The number of aryl methyl sites for hydroxylation is 2. The van der Waals surface area contributed by atoms with E-state index in [0.29, 0.717) is 0 Å². The fourth-order valence-corrected chi connectivity index (χ4v) is 4.59. The van der Waals surface area contributed by atoms with Crippen LogP contribution < -0.4 is 5.32 Å². The predicted molar refractivity (Wildman–Crippen MR) is 127 cm³/mol. The zero-order valence-corrected chi connectivity index (χ0v) is 18.9. The molecular formula is C27H32N4O. The van der Waals surface area contributed by atoms with E-state index in [9.17, 15) is 10.1 Å². The van der Waals surface area contributed by atoms with Crippen molar-refractivity contribution in [1.82, 2.24) is 15.1 Å². The number of nitrogens with zero attached hydrogens (tertiary/aromatic N) is 3. The highest BCUT2D eigenvalue weighted by Gasteiger charge is 2.19. The molecule has 2 aromatic carbocycles. The number of carbonyl (C=O) groups is 1. The molecule has 1 heterocycles. The largest absolute Gasteiger partial charge is 0.374 e. The second kappa shape index (κ2) is 10.5. The van der Waals surface area contributed by atoms with Crippen LogP contribution in [0.2, 0.25) is 0 Å². The van der Waals surface area contributed by atoms with Crippen molar-refractivity contribution in [2.75, 3.05) is 26.2 Å². The van der Waals surface area contributed by atoms with Crippen LogP contribution in [0.1, 0.15) is 48.1 Å². The Labute approximate surface area is 191 Å². The van der Waals surface area contributed by atoms with Gasteiger partial charge in [0.05, 0.1) is 6.04 Å². The number of nitrogens with one attached hydrogen (secondary N) is 1. The van der Waals surface area contributed by atoms with E-state index >= 15 is 0 Å². The fourth-order valence-electron chi connectivity index (χ4n) is 4.59. The van der Waals surface area contributed by atoms with Crippen LogP contribution in [0.4, 0.5) is 0 Å². The van der Waals surface area contributed by atoms with E-state index < -0.39 is 0 Å². The van der Waals surface area contributed by atoms with Gasteiger partial charge in [-0.15, -0.1) is 0 Å². The minimum atomic E-state index is -0.301. The SMILES string of the molecule is CC(NC(=O)/C(C#N)=C\N1CCN(Cc2ccccc2)CC1)c1ccc2c(c1)CCCC2. The molecule has 4 rings (SSSR count). The maximum absolute atomic E-state index is 12.8. The molecule has 32 heavy (non-hydrogen) atoms. The van der Waals surface area contributed by atoms with Crippen molar-refractivity contribution in [3.63, 3.8) is 0 Å². The number of nitriles is 1. The molecule has 0 saturated carbocycles. The maximum atomic E-state index is 12.8. The standard InChI is InChI=1S/C27H32N4O/c1-21(24-12-11-23-9-5-6-10-25(23)17-24)29-27(32)26(18-28)20-31-15-13-30(14-16-31)19-22-7-3-2-4-8-22/h2-4,7-8,11-12,17,20-21H,5-6,9-10,13-16,19H2,1H3,(H,29,32)/b26-20-. The molecule has 1 aliphatic heterocycles. The smallest absolute Gasteiger partial charge is 0.263 e. The second-order valence-electron chi connectivity index (χ2n) is 8.88. The average molecular weight is 429 g/mol. The molecule has 2 aliphatic rings. The van der Waals surface area contributed by atoms with Crippen molar-refractivity contribution >= 4 is 5.91 Å². The highest BCUT2D eigenvalue weighted by atomic mass is 16.1. The summed E-state index contributed by atoms with van der Waals surface area (Å²) in [6, 6.07) is 19.0. The van der Waals surface area contributed by atoms with Crippen LogP contribution in [0.15, 0.2) is 60.3 Å². The van der Waals surface area contributed by atoms with Gasteiger partial charge in [-0.2, -0.15) is 5.26 Å². The van der Waals surface area contributed by atoms with Gasteiger partial charge in [-0.3, -0.25) is 9.69 Å². The molecule has 1 N–H and O–H groups in total. The minimum Gasteiger partial charge on any atom is -0.374 e. The Morgan fingerprint density at radius 3 is 2.50 bits per heavy atom. The van der Waals surface area contributed by atoms with Gasteiger partial charge in [0.2, 0.25) is 0 Å². The Morgan fingerprint density at radius 2 is 1.78 bits per heavy atom. The van der Waals surface area contributed by atoms with Crippen molar-refractivity contribution < 1.29 is 4.79 Å². The first kappa shape index (κ1) is 22.1. The van der Waals surface area contributed by atoms with Gasteiger partial charge >= 0.3 is 0 Å². The second-order valence-corrected chi connectivity index (χ2v) is 8.88. The van der Waals surface area contributed by atoms with E-state index in [0.717, 1.165) is 51.1 Å². The molecule has 1 saturated heterocycles. The van der Waals surface area contributed by atoms with E-state index in [-0.39, 0.29) is 17.5 Å². The van der Waals surface area contributed by atoms with Crippen molar-refractivity contribution in [2.45, 2.75) is 45.2 Å². The molecule has 1 atom stereocenters. The summed E-state index contributed by atoms with van der Waals surface area (Å²) < 4.78 is 0. The lowest BCUT2D eigenvalue weighted by Crippen LogP contribution is -2.44. The summed E-state index contributed by atoms with van der Waals surface area (Å²) in [7, 11) is 0. The number of piperazine rings is 1. The summed E-state index contributed by atoms with van der Waals surface area (Å²) in [5, 5.41) is 12.6. The summed E-state index contributed by atoms with van der Waals surface area (Å²) >= 11 is 0. The first-order valence-corrected chi connectivity index (χ1v) is 11.7. The monoisotopic (exact) mass is 428 g/mol. The molecule has 1 aliphatic carbocycles. The Morgan fingerprint density at radius 1 is 1.06 bits per heavy atom. The van der Waals surface area contributed by atoms with Crippen LogP contribution in [-0.4, -0.2) is 41.9 Å². The van der Waals surface area contributed by atoms with E-state index in [1.807, 2.05) is 13.0 Å². The Kier molecular flexibility index (Phi) is 7.24. The minimum absolute atomic E-state index is 0.130. The molecule has 0 radical (unpaired) electrons. The molecule has 1 unspecified atom stereocenters. The van der Waals surface area contributed by atoms with Gasteiger partial charge in [0.15, 0.2) is 0 Å². The molecule has 1 fully saturated rings. The van der Waals surface area contributed by atoms with Crippen LogP contribution in [0, 0.1) is 11.3 Å². The van der Waals surface area contributed by atoms with Crippen molar-refractivity contribution in [2.24, 2.45) is 0 Å². The van der Waals surface area contributed by atoms with Crippen LogP contribution in [0.3, 0.4) is 0 Å². The Bertz CT molecular complexity index is 1000. The lowest BCUT2D eigenvalue weighted by atomic mass is 9.89. The zero-order chi connectivity index (χ0) is 22.3. The molecule has 0 spiro atoms. The lowest BCUT2D eigenvalue weighted by Gasteiger charge is -2.34. The first-order chi connectivity index (χ1) is 15.6. The van der Waals surface area contributed by atoms with Gasteiger partial charge < -0.3 is 10.2 Å². The molecule has 0 bridgehead atoms. The average Bonchev–Trinajstić information content (AvgIpc) is 2.83. The molecule has 0 aromatic heterocycles. The normalized spacial score (nSPS) is 17.9. The number of amides is 1.